The third kappa shape index (κ3) is 3.07. The van der Waals surface area contributed by atoms with Gasteiger partial charge < -0.3 is 10.8 Å². The fourth-order valence-electron chi connectivity index (χ4n) is 0.871. The summed E-state index contributed by atoms with van der Waals surface area (Å²) < 4.78 is 0. The van der Waals surface area contributed by atoms with Crippen LogP contribution in [0.5, 0.6) is 0 Å². The van der Waals surface area contributed by atoms with Crippen molar-refractivity contribution >= 4 is 29.6 Å². The van der Waals surface area contributed by atoms with Gasteiger partial charge in [0.05, 0.1) is 5.56 Å². The van der Waals surface area contributed by atoms with E-state index < -0.39 is 11.9 Å². The van der Waals surface area contributed by atoms with Gasteiger partial charge in [-0.15, -0.1) is 0 Å². The summed E-state index contributed by atoms with van der Waals surface area (Å²) in [6.45, 7) is 0. The monoisotopic (exact) mass is 226 g/mol. The van der Waals surface area contributed by atoms with Gasteiger partial charge in [-0.2, -0.15) is 0 Å². The molecule has 1 heterocycles. The molecule has 0 unspecified atom stereocenters. The molecule has 0 saturated carbocycles. The summed E-state index contributed by atoms with van der Waals surface area (Å²) in [5, 5.41) is 8.79. The fraction of sp³-hybridized carbons (Fsp3) is 0. The Morgan fingerprint density at radius 3 is 2.73 bits per heavy atom. The number of carbonyl (C=O) groups excluding carboxylic acids is 1. The molecule has 0 atom stereocenters. The lowest BCUT2D eigenvalue weighted by Gasteiger charge is -1.98. The Labute approximate surface area is 90.2 Å². The van der Waals surface area contributed by atoms with E-state index in [0.717, 1.165) is 12.3 Å². The molecule has 6 heteroatoms. The SMILES string of the molecule is NC(=O)C=Cc1cc(C(=O)O)cnc1Cl. The first-order valence-electron chi connectivity index (χ1n) is 3.87. The van der Waals surface area contributed by atoms with E-state index in [1.165, 1.54) is 12.1 Å². The highest BCUT2D eigenvalue weighted by Crippen LogP contribution is 2.15. The molecular weight excluding hydrogens is 220 g/mol. The number of carboxylic acids is 1. The van der Waals surface area contributed by atoms with Crippen molar-refractivity contribution in [2.45, 2.75) is 0 Å². The van der Waals surface area contributed by atoms with Gasteiger partial charge >= 0.3 is 5.97 Å². The number of carboxylic acid groups (broad SMARTS) is 1. The van der Waals surface area contributed by atoms with Gasteiger partial charge in [-0.3, -0.25) is 4.79 Å². The fourth-order valence-corrected chi connectivity index (χ4v) is 1.04. The number of primary amides is 1. The molecule has 1 aromatic heterocycles. The van der Waals surface area contributed by atoms with Crippen molar-refractivity contribution < 1.29 is 14.7 Å². The molecule has 0 aliphatic carbocycles. The minimum absolute atomic E-state index is 0.0106. The molecule has 0 aliphatic rings. The van der Waals surface area contributed by atoms with Crippen LogP contribution in [0.3, 0.4) is 0 Å². The Morgan fingerprint density at radius 1 is 1.53 bits per heavy atom. The molecule has 3 N–H and O–H groups in total. The summed E-state index contributed by atoms with van der Waals surface area (Å²) in [4.78, 5) is 24.7. The van der Waals surface area contributed by atoms with E-state index in [1.807, 2.05) is 0 Å². The molecule has 0 aliphatic heterocycles. The van der Waals surface area contributed by atoms with Gasteiger partial charge in [-0.25, -0.2) is 9.78 Å². The van der Waals surface area contributed by atoms with E-state index in [0.29, 0.717) is 5.56 Å². The van der Waals surface area contributed by atoms with Crippen molar-refractivity contribution in [3.63, 3.8) is 0 Å². The number of hydrogen-bond acceptors (Lipinski definition) is 3. The van der Waals surface area contributed by atoms with Crippen LogP contribution in [0, 0.1) is 0 Å². The summed E-state index contributed by atoms with van der Waals surface area (Å²) >= 11 is 5.68. The molecule has 0 radical (unpaired) electrons. The first-order chi connectivity index (χ1) is 7.00. The van der Waals surface area contributed by atoms with Crippen molar-refractivity contribution in [3.8, 4) is 0 Å². The summed E-state index contributed by atoms with van der Waals surface area (Å²) in [5.41, 5.74) is 5.20. The third-order valence-electron chi connectivity index (χ3n) is 1.54. The number of carbonyl (C=O) groups is 2. The van der Waals surface area contributed by atoms with Crippen molar-refractivity contribution in [2.24, 2.45) is 5.73 Å². The Morgan fingerprint density at radius 2 is 2.20 bits per heavy atom. The number of halogens is 1. The number of nitrogens with zero attached hydrogens (tertiary/aromatic N) is 1. The van der Waals surface area contributed by atoms with E-state index in [4.69, 9.17) is 22.4 Å². The number of nitrogens with two attached hydrogens (primary N) is 1. The number of pyridine rings is 1. The summed E-state index contributed by atoms with van der Waals surface area (Å²) in [5.74, 6) is -1.76. The van der Waals surface area contributed by atoms with Crippen LogP contribution in [-0.2, 0) is 4.79 Å². The van der Waals surface area contributed by atoms with Gasteiger partial charge in [0, 0.05) is 17.8 Å². The Balaban J connectivity index is 3.11. The van der Waals surface area contributed by atoms with Gasteiger partial charge in [0.1, 0.15) is 5.15 Å². The van der Waals surface area contributed by atoms with Gasteiger partial charge in [-0.1, -0.05) is 11.6 Å². The Hall–Kier alpha value is -1.88. The van der Waals surface area contributed by atoms with Crippen LogP contribution in [0.1, 0.15) is 15.9 Å². The van der Waals surface area contributed by atoms with Gasteiger partial charge in [0.2, 0.25) is 5.91 Å². The van der Waals surface area contributed by atoms with E-state index in [1.54, 1.807) is 0 Å². The number of aromatic carboxylic acids is 1. The number of amides is 1. The lowest BCUT2D eigenvalue weighted by atomic mass is 10.2. The lowest BCUT2D eigenvalue weighted by Crippen LogP contribution is -2.05. The second kappa shape index (κ2) is 4.56. The largest absolute Gasteiger partial charge is 0.478 e. The van der Waals surface area contributed by atoms with Crippen LogP contribution in [0.25, 0.3) is 6.08 Å². The standard InChI is InChI=1S/C9H7ClN2O3/c10-8-5(1-2-7(11)13)3-6(4-12-8)9(14)15/h1-4H,(H2,11,13)(H,14,15). The highest BCUT2D eigenvalue weighted by molar-refractivity contribution is 6.31. The average Bonchev–Trinajstić information content (AvgIpc) is 2.16. The quantitative estimate of drug-likeness (QED) is 0.592. The van der Waals surface area contributed by atoms with Gasteiger partial charge in [0.25, 0.3) is 0 Å². The first kappa shape index (κ1) is 11.2. The normalized spacial score (nSPS) is 10.5. The Bertz CT molecular complexity index is 443. The summed E-state index contributed by atoms with van der Waals surface area (Å²) in [6, 6.07) is 1.30. The summed E-state index contributed by atoms with van der Waals surface area (Å²) in [6.07, 6.45) is 3.52. The Kier molecular flexibility index (Phi) is 3.41. The van der Waals surface area contributed by atoms with Crippen LogP contribution in [0.4, 0.5) is 0 Å². The predicted octanol–water partition coefficient (Wildman–Crippen LogP) is 0.932. The van der Waals surface area contributed by atoms with Crippen LogP contribution in [0.15, 0.2) is 18.3 Å². The maximum atomic E-state index is 10.6. The molecule has 15 heavy (non-hydrogen) atoms. The highest BCUT2D eigenvalue weighted by Gasteiger charge is 2.06. The second-order valence-electron chi connectivity index (χ2n) is 2.64. The molecule has 1 rings (SSSR count). The smallest absolute Gasteiger partial charge is 0.337 e. The van der Waals surface area contributed by atoms with Crippen molar-refractivity contribution in [2.75, 3.05) is 0 Å². The summed E-state index contributed by atoms with van der Waals surface area (Å²) in [7, 11) is 0. The molecule has 1 aromatic rings. The van der Waals surface area contributed by atoms with E-state index in [-0.39, 0.29) is 10.7 Å². The van der Waals surface area contributed by atoms with Crippen molar-refractivity contribution in [3.05, 3.63) is 34.6 Å². The maximum absolute atomic E-state index is 10.6. The third-order valence-corrected chi connectivity index (χ3v) is 1.86. The molecular formula is C9H7ClN2O3. The minimum atomic E-state index is -1.12. The molecule has 78 valence electrons. The van der Waals surface area contributed by atoms with E-state index in [2.05, 4.69) is 4.98 Å². The zero-order valence-electron chi connectivity index (χ0n) is 7.48. The topological polar surface area (TPSA) is 93.3 Å². The van der Waals surface area contributed by atoms with Crippen LogP contribution in [-0.4, -0.2) is 22.0 Å². The number of hydrogen-bond donors (Lipinski definition) is 2. The minimum Gasteiger partial charge on any atom is -0.478 e. The van der Waals surface area contributed by atoms with Crippen LogP contribution < -0.4 is 5.73 Å². The van der Waals surface area contributed by atoms with Crippen molar-refractivity contribution in [1.82, 2.24) is 4.98 Å². The molecule has 0 bridgehead atoms. The average molecular weight is 227 g/mol. The molecule has 0 fully saturated rings. The van der Waals surface area contributed by atoms with Crippen molar-refractivity contribution in [1.29, 1.82) is 0 Å². The number of rotatable bonds is 3. The molecule has 0 aromatic carbocycles. The zero-order chi connectivity index (χ0) is 11.4. The van der Waals surface area contributed by atoms with E-state index >= 15 is 0 Å². The second-order valence-corrected chi connectivity index (χ2v) is 3.00. The predicted molar refractivity (Wildman–Crippen MR) is 54.4 cm³/mol. The zero-order valence-corrected chi connectivity index (χ0v) is 8.23. The van der Waals surface area contributed by atoms with Crippen LogP contribution >= 0.6 is 11.6 Å². The number of aromatic nitrogens is 1. The van der Waals surface area contributed by atoms with Gasteiger partial charge in [0.15, 0.2) is 0 Å². The van der Waals surface area contributed by atoms with Gasteiger partial charge in [-0.05, 0) is 12.1 Å². The molecule has 0 spiro atoms. The first-order valence-corrected chi connectivity index (χ1v) is 4.25. The van der Waals surface area contributed by atoms with Crippen LogP contribution in [0.2, 0.25) is 5.15 Å². The molecule has 5 nitrogen and oxygen atoms in total. The molecule has 0 saturated heterocycles. The lowest BCUT2D eigenvalue weighted by molar-refractivity contribution is -0.113. The maximum Gasteiger partial charge on any atom is 0.337 e. The van der Waals surface area contributed by atoms with E-state index in [9.17, 15) is 9.59 Å². The molecule has 1 amide bonds. The highest BCUT2D eigenvalue weighted by atomic mass is 35.5.